The molecule has 7 nitrogen and oxygen atoms in total. The van der Waals surface area contributed by atoms with Crippen molar-refractivity contribution in [3.63, 3.8) is 0 Å². The Hall–Kier alpha value is -2.54. The minimum Gasteiger partial charge on any atom is -0.497 e. The van der Waals surface area contributed by atoms with E-state index in [2.05, 4.69) is 34.4 Å². The summed E-state index contributed by atoms with van der Waals surface area (Å²) in [5, 5.41) is 7.69. The van der Waals surface area contributed by atoms with Crippen molar-refractivity contribution in [2.45, 2.75) is 25.9 Å². The molecule has 0 aliphatic carbocycles. The molecule has 28 heavy (non-hydrogen) atoms. The molecule has 3 rings (SSSR count). The van der Waals surface area contributed by atoms with E-state index in [1.54, 1.807) is 7.11 Å². The van der Waals surface area contributed by atoms with Crippen LogP contribution in [0, 0.1) is 0 Å². The van der Waals surface area contributed by atoms with Crippen molar-refractivity contribution in [3.05, 3.63) is 47.8 Å². The van der Waals surface area contributed by atoms with Crippen molar-refractivity contribution in [2.24, 2.45) is 12.0 Å². The molecule has 2 aromatic rings. The standard InChI is InChI=1S/C21H31N5O2/c1-4-22-21(23-10-6-8-17-7-5-9-19(13-17)27-3)26-11-12-28-20(16-26)18-14-24-25(2)15-18/h5,7,9,13-15,20H,4,6,8,10-12,16H2,1-3H3,(H,22,23). The predicted octanol–water partition coefficient (Wildman–Crippen LogP) is 2.40. The van der Waals surface area contributed by atoms with E-state index in [1.807, 2.05) is 36.3 Å². The highest BCUT2D eigenvalue weighted by Crippen LogP contribution is 2.21. The van der Waals surface area contributed by atoms with Gasteiger partial charge in [-0.1, -0.05) is 12.1 Å². The van der Waals surface area contributed by atoms with Gasteiger partial charge in [0.15, 0.2) is 5.96 Å². The average molecular weight is 386 g/mol. The van der Waals surface area contributed by atoms with Gasteiger partial charge >= 0.3 is 0 Å². The highest BCUT2D eigenvalue weighted by atomic mass is 16.5. The molecule has 1 N–H and O–H groups in total. The van der Waals surface area contributed by atoms with Gasteiger partial charge in [-0.2, -0.15) is 5.10 Å². The smallest absolute Gasteiger partial charge is 0.194 e. The van der Waals surface area contributed by atoms with Crippen molar-refractivity contribution in [3.8, 4) is 5.75 Å². The van der Waals surface area contributed by atoms with Crippen LogP contribution in [-0.4, -0.2) is 60.5 Å². The molecular formula is C21H31N5O2. The van der Waals surface area contributed by atoms with E-state index in [4.69, 9.17) is 14.5 Å². The lowest BCUT2D eigenvalue weighted by atomic mass is 10.1. The van der Waals surface area contributed by atoms with Gasteiger partial charge in [0.1, 0.15) is 11.9 Å². The van der Waals surface area contributed by atoms with Gasteiger partial charge in [-0.25, -0.2) is 0 Å². The Bertz CT molecular complexity index is 774. The van der Waals surface area contributed by atoms with Crippen LogP contribution in [0.5, 0.6) is 5.75 Å². The van der Waals surface area contributed by atoms with Crippen LogP contribution in [0.4, 0.5) is 0 Å². The molecule has 1 saturated heterocycles. The van der Waals surface area contributed by atoms with Crippen LogP contribution >= 0.6 is 0 Å². The fourth-order valence-electron chi connectivity index (χ4n) is 3.37. The molecular weight excluding hydrogens is 354 g/mol. The topological polar surface area (TPSA) is 63.9 Å². The van der Waals surface area contributed by atoms with Gasteiger partial charge < -0.3 is 19.7 Å². The summed E-state index contributed by atoms with van der Waals surface area (Å²) in [6.45, 7) is 6.06. The number of aryl methyl sites for hydroxylation is 2. The fraction of sp³-hybridized carbons (Fsp3) is 0.524. The molecule has 0 radical (unpaired) electrons. The molecule has 7 heteroatoms. The van der Waals surface area contributed by atoms with Gasteiger partial charge in [0.05, 0.1) is 26.5 Å². The van der Waals surface area contributed by atoms with E-state index in [0.717, 1.165) is 56.3 Å². The number of aromatic nitrogens is 2. The average Bonchev–Trinajstić information content (AvgIpc) is 3.17. The lowest BCUT2D eigenvalue weighted by molar-refractivity contribution is -0.00804. The van der Waals surface area contributed by atoms with Gasteiger partial charge in [-0.05, 0) is 37.5 Å². The summed E-state index contributed by atoms with van der Waals surface area (Å²) in [5.74, 6) is 1.87. The monoisotopic (exact) mass is 385 g/mol. The Morgan fingerprint density at radius 2 is 2.32 bits per heavy atom. The van der Waals surface area contributed by atoms with Gasteiger partial charge in [0, 0.05) is 38.4 Å². The molecule has 1 fully saturated rings. The number of morpholine rings is 1. The molecule has 0 bridgehead atoms. The summed E-state index contributed by atoms with van der Waals surface area (Å²) in [6, 6.07) is 8.24. The Morgan fingerprint density at radius 3 is 3.07 bits per heavy atom. The van der Waals surface area contributed by atoms with Crippen molar-refractivity contribution in [1.82, 2.24) is 20.0 Å². The minimum atomic E-state index is 0.0306. The van der Waals surface area contributed by atoms with Crippen LogP contribution in [0.15, 0.2) is 41.7 Å². The quantitative estimate of drug-likeness (QED) is 0.450. The van der Waals surface area contributed by atoms with Crippen LogP contribution in [0.1, 0.15) is 30.6 Å². The third kappa shape index (κ3) is 5.48. The maximum Gasteiger partial charge on any atom is 0.194 e. The number of hydrogen-bond acceptors (Lipinski definition) is 4. The zero-order valence-corrected chi connectivity index (χ0v) is 17.1. The number of ether oxygens (including phenoxy) is 2. The third-order valence-corrected chi connectivity index (χ3v) is 4.82. The molecule has 1 aliphatic rings. The SMILES string of the molecule is CCNC(=NCCCc1cccc(OC)c1)N1CCOC(c2cnn(C)c2)C1. The van der Waals surface area contributed by atoms with Crippen LogP contribution in [0.3, 0.4) is 0 Å². The number of methoxy groups -OCH3 is 1. The molecule has 0 spiro atoms. The summed E-state index contributed by atoms with van der Waals surface area (Å²) in [4.78, 5) is 7.14. The second kappa shape index (κ2) is 10.1. The fourth-order valence-corrected chi connectivity index (χ4v) is 3.37. The summed E-state index contributed by atoms with van der Waals surface area (Å²) in [6.07, 6.45) is 5.92. The van der Waals surface area contributed by atoms with Crippen molar-refractivity contribution in [2.75, 3.05) is 39.9 Å². The Labute approximate surface area is 167 Å². The second-order valence-electron chi connectivity index (χ2n) is 6.94. The maximum atomic E-state index is 5.95. The third-order valence-electron chi connectivity index (χ3n) is 4.82. The van der Waals surface area contributed by atoms with E-state index in [-0.39, 0.29) is 6.10 Å². The van der Waals surface area contributed by atoms with Gasteiger partial charge in [0.2, 0.25) is 0 Å². The van der Waals surface area contributed by atoms with Crippen molar-refractivity contribution >= 4 is 5.96 Å². The van der Waals surface area contributed by atoms with Gasteiger partial charge in [-0.15, -0.1) is 0 Å². The molecule has 0 saturated carbocycles. The highest BCUT2D eigenvalue weighted by Gasteiger charge is 2.25. The number of aliphatic imine (C=N–C) groups is 1. The lowest BCUT2D eigenvalue weighted by Crippen LogP contribution is -2.48. The van der Waals surface area contributed by atoms with E-state index < -0.39 is 0 Å². The zero-order chi connectivity index (χ0) is 19.8. The number of rotatable bonds is 7. The van der Waals surface area contributed by atoms with Crippen LogP contribution in [-0.2, 0) is 18.2 Å². The first-order chi connectivity index (χ1) is 13.7. The Kier molecular flexibility index (Phi) is 7.31. The Morgan fingerprint density at radius 1 is 1.43 bits per heavy atom. The molecule has 2 heterocycles. The lowest BCUT2D eigenvalue weighted by Gasteiger charge is -2.34. The highest BCUT2D eigenvalue weighted by molar-refractivity contribution is 5.80. The van der Waals surface area contributed by atoms with Crippen LogP contribution in [0.25, 0.3) is 0 Å². The summed E-state index contributed by atoms with van der Waals surface area (Å²) >= 11 is 0. The van der Waals surface area contributed by atoms with Gasteiger partial charge in [0.25, 0.3) is 0 Å². The molecule has 152 valence electrons. The van der Waals surface area contributed by atoms with E-state index in [0.29, 0.717) is 6.61 Å². The van der Waals surface area contributed by atoms with Crippen molar-refractivity contribution < 1.29 is 9.47 Å². The van der Waals surface area contributed by atoms with Crippen molar-refractivity contribution in [1.29, 1.82) is 0 Å². The van der Waals surface area contributed by atoms with Gasteiger partial charge in [-0.3, -0.25) is 9.67 Å². The largest absolute Gasteiger partial charge is 0.497 e. The van der Waals surface area contributed by atoms with E-state index in [1.165, 1.54) is 5.56 Å². The molecule has 1 aliphatic heterocycles. The first kappa shape index (κ1) is 20.2. The number of nitrogens with one attached hydrogen (secondary N) is 1. The van der Waals surface area contributed by atoms with E-state index >= 15 is 0 Å². The predicted molar refractivity (Wildman–Crippen MR) is 111 cm³/mol. The number of guanidine groups is 1. The molecule has 1 aromatic heterocycles. The minimum absolute atomic E-state index is 0.0306. The molecule has 1 atom stereocenters. The maximum absolute atomic E-state index is 5.95. The zero-order valence-electron chi connectivity index (χ0n) is 17.1. The Balaban J connectivity index is 1.56. The van der Waals surface area contributed by atoms with Crippen LogP contribution < -0.4 is 10.1 Å². The number of benzene rings is 1. The summed E-state index contributed by atoms with van der Waals surface area (Å²) in [7, 11) is 3.63. The second-order valence-corrected chi connectivity index (χ2v) is 6.94. The first-order valence-electron chi connectivity index (χ1n) is 9.96. The number of nitrogens with zero attached hydrogens (tertiary/aromatic N) is 4. The normalized spacial score (nSPS) is 17.6. The molecule has 1 unspecified atom stereocenters. The number of hydrogen-bond donors (Lipinski definition) is 1. The van der Waals surface area contributed by atoms with Crippen LogP contribution in [0.2, 0.25) is 0 Å². The summed E-state index contributed by atoms with van der Waals surface area (Å²) < 4.78 is 13.1. The first-order valence-corrected chi connectivity index (χ1v) is 9.96. The van der Waals surface area contributed by atoms with E-state index in [9.17, 15) is 0 Å². The molecule has 1 aromatic carbocycles. The summed E-state index contributed by atoms with van der Waals surface area (Å²) in [5.41, 5.74) is 2.39. The molecule has 0 amide bonds.